The van der Waals surface area contributed by atoms with E-state index < -0.39 is 11.7 Å². The van der Waals surface area contributed by atoms with Gasteiger partial charge in [0.25, 0.3) is 0 Å². The number of carbonyl (C=O) groups excluding carboxylic acids is 1. The molecule has 1 aromatic heterocycles. The fraction of sp³-hybridized carbons (Fsp3) is 0.486. The van der Waals surface area contributed by atoms with Gasteiger partial charge in [-0.25, -0.2) is 4.99 Å². The van der Waals surface area contributed by atoms with Crippen molar-refractivity contribution >= 4 is 29.2 Å². The van der Waals surface area contributed by atoms with Crippen LogP contribution in [0.3, 0.4) is 0 Å². The van der Waals surface area contributed by atoms with Gasteiger partial charge in [0, 0.05) is 29.4 Å². The van der Waals surface area contributed by atoms with Crippen LogP contribution < -0.4 is 0 Å². The lowest BCUT2D eigenvalue weighted by atomic mass is 9.96. The molecule has 2 aromatic carbocycles. The zero-order valence-electron chi connectivity index (χ0n) is 27.3. The van der Waals surface area contributed by atoms with Crippen LogP contribution in [0.4, 0.5) is 13.2 Å². The van der Waals surface area contributed by atoms with Gasteiger partial charge in [0.1, 0.15) is 6.79 Å². The average molecular weight is 601 g/mol. The topological polar surface area (TPSA) is 69.4 Å². The molecule has 0 aliphatic carbocycles. The van der Waals surface area contributed by atoms with Gasteiger partial charge in [-0.3, -0.25) is 10.4 Å². The number of nitrogens with one attached hydrogen (secondary N) is 1. The minimum atomic E-state index is -4.37. The molecule has 0 spiro atoms. The number of halogens is 3. The number of likely N-dealkylation sites (tertiary alicyclic amines) is 1. The number of benzene rings is 2. The Morgan fingerprint density at radius 2 is 1.60 bits per heavy atom. The molecule has 0 saturated carbocycles. The second-order valence-electron chi connectivity index (χ2n) is 10.1. The summed E-state index contributed by atoms with van der Waals surface area (Å²) in [5, 5.41) is 8.29. The average Bonchev–Trinajstić information content (AvgIpc) is 3.00. The van der Waals surface area contributed by atoms with Crippen LogP contribution in [0.5, 0.6) is 0 Å². The summed E-state index contributed by atoms with van der Waals surface area (Å²) in [7, 11) is 0. The maximum atomic E-state index is 13.2. The summed E-state index contributed by atoms with van der Waals surface area (Å²) in [6.07, 6.45) is 1.71. The van der Waals surface area contributed by atoms with Crippen molar-refractivity contribution < 1.29 is 18.0 Å². The van der Waals surface area contributed by atoms with Crippen molar-refractivity contribution in [2.24, 2.45) is 10.9 Å². The molecule has 43 heavy (non-hydrogen) atoms. The van der Waals surface area contributed by atoms with Gasteiger partial charge in [0.2, 0.25) is 0 Å². The quantitative estimate of drug-likeness (QED) is 0.234. The summed E-state index contributed by atoms with van der Waals surface area (Å²) in [4.78, 5) is 18.6. The molecule has 2 heterocycles. The summed E-state index contributed by atoms with van der Waals surface area (Å²) < 4.78 is 39.5. The monoisotopic (exact) mass is 600 g/mol. The highest BCUT2D eigenvalue weighted by molar-refractivity contribution is 6.04. The third-order valence-corrected chi connectivity index (χ3v) is 6.38. The van der Waals surface area contributed by atoms with E-state index in [2.05, 4.69) is 21.8 Å². The fourth-order valence-electron chi connectivity index (χ4n) is 4.74. The molecule has 238 valence electrons. The predicted molar refractivity (Wildman–Crippen MR) is 177 cm³/mol. The van der Waals surface area contributed by atoms with Crippen LogP contribution in [0.15, 0.2) is 59.7 Å². The van der Waals surface area contributed by atoms with E-state index >= 15 is 0 Å². The van der Waals surface area contributed by atoms with Crippen molar-refractivity contribution in [3.63, 3.8) is 0 Å². The Hall–Kier alpha value is -3.39. The minimum Gasteiger partial charge on any atom is -0.307 e. The molecule has 1 fully saturated rings. The van der Waals surface area contributed by atoms with E-state index in [4.69, 9.17) is 10.2 Å². The van der Waals surface area contributed by atoms with E-state index in [0.29, 0.717) is 17.1 Å². The summed E-state index contributed by atoms with van der Waals surface area (Å²) in [6, 6.07) is 14.0. The highest BCUT2D eigenvalue weighted by Gasteiger charge is 2.33. The Labute approximate surface area is 257 Å². The van der Waals surface area contributed by atoms with Crippen LogP contribution in [0.25, 0.3) is 10.9 Å². The first-order valence-electron chi connectivity index (χ1n) is 15.2. The lowest BCUT2D eigenvalue weighted by Gasteiger charge is -2.29. The molecule has 4 rings (SSSR count). The second-order valence-corrected chi connectivity index (χ2v) is 10.1. The number of carbonyl (C=O) groups is 1. The van der Waals surface area contributed by atoms with Gasteiger partial charge in [-0.2, -0.15) is 13.2 Å². The standard InChI is InChI=1S/C19H23F3N2.C11H14N2.2C2H6.CH2O/c1-14(13-24-10-3-2-4-11-24)12-15-8-9-23-18-16(15)6-5-7-17(18)19(20,21)22;1-8(2)13-11(12)10-6-4-5-9(3)7-10;3*1-2/h5-9,14H,2-4,10-13H2,1H3;4-7,12H,1-3H3;2*1-2H3;1H2/t14-;;;;/m1..../s1. The zero-order valence-corrected chi connectivity index (χ0v) is 27.3. The molecule has 1 aliphatic heterocycles. The Kier molecular flexibility index (Phi) is 19.6. The lowest BCUT2D eigenvalue weighted by Crippen LogP contribution is -2.34. The molecular weight excluding hydrogens is 549 g/mol. The van der Waals surface area contributed by atoms with E-state index in [1.807, 2.05) is 85.6 Å². The van der Waals surface area contributed by atoms with Crippen molar-refractivity contribution in [2.75, 3.05) is 19.6 Å². The van der Waals surface area contributed by atoms with Gasteiger partial charge in [-0.15, -0.1) is 0 Å². The predicted octanol–water partition coefficient (Wildman–Crippen LogP) is 9.59. The van der Waals surface area contributed by atoms with E-state index in [1.54, 1.807) is 6.07 Å². The second kappa shape index (κ2) is 21.3. The number of para-hydroxylation sites is 1. The molecule has 3 aromatic rings. The Morgan fingerprint density at radius 3 is 2.16 bits per heavy atom. The maximum absolute atomic E-state index is 13.2. The molecule has 8 heteroatoms. The molecule has 0 amide bonds. The third kappa shape index (κ3) is 14.1. The summed E-state index contributed by atoms with van der Waals surface area (Å²) >= 11 is 0. The van der Waals surface area contributed by atoms with Crippen molar-refractivity contribution in [3.8, 4) is 0 Å². The number of hydrogen-bond acceptors (Lipinski definition) is 4. The third-order valence-electron chi connectivity index (χ3n) is 6.38. The van der Waals surface area contributed by atoms with E-state index in [1.165, 1.54) is 31.5 Å². The van der Waals surface area contributed by atoms with Crippen LogP contribution in [0, 0.1) is 18.3 Å². The fourth-order valence-corrected chi connectivity index (χ4v) is 4.74. The largest absolute Gasteiger partial charge is 0.418 e. The molecule has 1 saturated heterocycles. The minimum absolute atomic E-state index is 0.0627. The van der Waals surface area contributed by atoms with E-state index in [9.17, 15) is 13.2 Å². The number of nitrogens with zero attached hydrogens (tertiary/aromatic N) is 3. The number of rotatable bonds is 5. The Bertz CT molecular complexity index is 1250. The molecule has 0 unspecified atom stereocenters. The normalized spacial score (nSPS) is 13.3. The van der Waals surface area contributed by atoms with Crippen LogP contribution in [0.1, 0.15) is 90.0 Å². The number of aryl methyl sites for hydroxylation is 1. The number of hydrogen-bond donors (Lipinski definition) is 1. The number of fused-ring (bicyclic) bond motifs is 1. The molecule has 5 nitrogen and oxygen atoms in total. The number of aromatic nitrogens is 1. The molecule has 1 aliphatic rings. The number of aliphatic imine (C=N–C) groups is 1. The molecule has 0 radical (unpaired) electrons. The van der Waals surface area contributed by atoms with Crippen molar-refractivity contribution in [3.05, 3.63) is 77.0 Å². The SMILES string of the molecule is C=O.CC.CC.CC(C)=NC(=N)c1cccc(C)c1.C[C@H](Cc1ccnc2c(C(F)(F)F)cccc12)CN1CCCCC1. The van der Waals surface area contributed by atoms with Crippen LogP contribution in [0.2, 0.25) is 0 Å². The van der Waals surface area contributed by atoms with Gasteiger partial charge in [-0.1, -0.05) is 76.9 Å². The number of pyridine rings is 1. The van der Waals surface area contributed by atoms with Gasteiger partial charge < -0.3 is 9.69 Å². The number of piperidine rings is 1. The summed E-state index contributed by atoms with van der Waals surface area (Å²) in [5.41, 5.74) is 3.31. The smallest absolute Gasteiger partial charge is 0.307 e. The summed E-state index contributed by atoms with van der Waals surface area (Å²) in [6.45, 7) is 21.3. The Morgan fingerprint density at radius 1 is 1.00 bits per heavy atom. The molecule has 1 N–H and O–H groups in total. The highest BCUT2D eigenvalue weighted by Crippen LogP contribution is 2.35. The first-order chi connectivity index (χ1) is 20.5. The highest BCUT2D eigenvalue weighted by atomic mass is 19.4. The Balaban J connectivity index is 0.000000787. The first-order valence-corrected chi connectivity index (χ1v) is 15.2. The number of amidine groups is 1. The van der Waals surface area contributed by atoms with Crippen LogP contribution in [-0.4, -0.2) is 47.9 Å². The zero-order chi connectivity index (χ0) is 33.0. The van der Waals surface area contributed by atoms with Gasteiger partial charge in [-0.05, 0) is 82.8 Å². The van der Waals surface area contributed by atoms with Crippen molar-refractivity contribution in [1.29, 1.82) is 5.41 Å². The molecule has 0 bridgehead atoms. The van der Waals surface area contributed by atoms with E-state index in [-0.39, 0.29) is 5.52 Å². The summed E-state index contributed by atoms with van der Waals surface area (Å²) in [5.74, 6) is 0.743. The van der Waals surface area contributed by atoms with E-state index in [0.717, 1.165) is 54.5 Å². The number of alkyl halides is 3. The first kappa shape index (κ1) is 39.6. The van der Waals surface area contributed by atoms with Gasteiger partial charge in [0.05, 0.1) is 11.1 Å². The molecule has 1 atom stereocenters. The van der Waals surface area contributed by atoms with Crippen molar-refractivity contribution in [1.82, 2.24) is 9.88 Å². The van der Waals surface area contributed by atoms with Crippen LogP contribution >= 0.6 is 0 Å². The van der Waals surface area contributed by atoms with Gasteiger partial charge >= 0.3 is 6.18 Å². The van der Waals surface area contributed by atoms with Crippen molar-refractivity contribution in [2.45, 2.75) is 87.2 Å². The van der Waals surface area contributed by atoms with Crippen LogP contribution in [-0.2, 0) is 17.4 Å². The molecular formula is C35H51F3N4O. The lowest BCUT2D eigenvalue weighted by molar-refractivity contribution is -0.136. The maximum Gasteiger partial charge on any atom is 0.418 e. The van der Waals surface area contributed by atoms with Gasteiger partial charge in [0.15, 0.2) is 5.84 Å².